The zero-order chi connectivity index (χ0) is 11.5. The van der Waals surface area contributed by atoms with Crippen LogP contribution in [-0.2, 0) is 13.5 Å². The summed E-state index contributed by atoms with van der Waals surface area (Å²) < 4.78 is 2.23. The van der Waals surface area contributed by atoms with E-state index in [0.717, 1.165) is 6.42 Å². The summed E-state index contributed by atoms with van der Waals surface area (Å²) in [7, 11) is 2.12. The van der Waals surface area contributed by atoms with Crippen LogP contribution in [0.3, 0.4) is 0 Å². The SMILES string of the molecule is CCCc1c(/C=C\C(C)(C)C)ccn1C. The molecule has 0 N–H and O–H groups in total. The molecule has 0 atom stereocenters. The fourth-order valence-electron chi connectivity index (χ4n) is 1.63. The average Bonchev–Trinajstić information content (AvgIpc) is 2.45. The van der Waals surface area contributed by atoms with Crippen LogP contribution in [0.25, 0.3) is 6.08 Å². The molecule has 1 heterocycles. The summed E-state index contributed by atoms with van der Waals surface area (Å²) in [5.74, 6) is 0. The quantitative estimate of drug-likeness (QED) is 0.702. The van der Waals surface area contributed by atoms with Gasteiger partial charge in [0.15, 0.2) is 0 Å². The van der Waals surface area contributed by atoms with Crippen molar-refractivity contribution in [2.45, 2.75) is 40.5 Å². The molecule has 0 amide bonds. The van der Waals surface area contributed by atoms with Crippen LogP contribution in [0, 0.1) is 5.41 Å². The van der Waals surface area contributed by atoms with Gasteiger partial charge in [-0.2, -0.15) is 0 Å². The summed E-state index contributed by atoms with van der Waals surface area (Å²) in [5.41, 5.74) is 3.08. The van der Waals surface area contributed by atoms with Gasteiger partial charge in [-0.3, -0.25) is 0 Å². The Morgan fingerprint density at radius 3 is 2.53 bits per heavy atom. The van der Waals surface area contributed by atoms with Gasteiger partial charge >= 0.3 is 0 Å². The molecule has 0 fully saturated rings. The van der Waals surface area contributed by atoms with Crippen molar-refractivity contribution >= 4 is 6.08 Å². The highest BCUT2D eigenvalue weighted by atomic mass is 14.9. The zero-order valence-corrected chi connectivity index (χ0v) is 10.7. The van der Waals surface area contributed by atoms with E-state index in [2.05, 4.69) is 63.7 Å². The van der Waals surface area contributed by atoms with Crippen LogP contribution >= 0.6 is 0 Å². The molecule has 1 aromatic heterocycles. The van der Waals surface area contributed by atoms with Crippen LogP contribution in [-0.4, -0.2) is 4.57 Å². The Hall–Kier alpha value is -0.980. The molecule has 84 valence electrons. The molecular formula is C14H23N. The van der Waals surface area contributed by atoms with Gasteiger partial charge in [0.2, 0.25) is 0 Å². The van der Waals surface area contributed by atoms with Gasteiger partial charge in [-0.05, 0) is 23.5 Å². The van der Waals surface area contributed by atoms with E-state index in [1.54, 1.807) is 0 Å². The fourth-order valence-corrected chi connectivity index (χ4v) is 1.63. The Bertz CT molecular complexity index is 337. The molecule has 0 spiro atoms. The number of rotatable bonds is 3. The van der Waals surface area contributed by atoms with Crippen molar-refractivity contribution in [3.05, 3.63) is 29.6 Å². The Labute approximate surface area is 93.8 Å². The first kappa shape index (κ1) is 12.1. The molecule has 0 saturated heterocycles. The van der Waals surface area contributed by atoms with E-state index in [1.165, 1.54) is 17.7 Å². The van der Waals surface area contributed by atoms with E-state index in [9.17, 15) is 0 Å². The van der Waals surface area contributed by atoms with E-state index in [1.807, 2.05) is 0 Å². The van der Waals surface area contributed by atoms with Gasteiger partial charge in [-0.15, -0.1) is 0 Å². The lowest BCUT2D eigenvalue weighted by atomic mass is 9.95. The van der Waals surface area contributed by atoms with Gasteiger partial charge in [0.1, 0.15) is 0 Å². The average molecular weight is 205 g/mol. The molecule has 1 aromatic rings. The van der Waals surface area contributed by atoms with Gasteiger partial charge in [-0.1, -0.05) is 46.3 Å². The number of hydrogen-bond acceptors (Lipinski definition) is 0. The molecule has 0 aliphatic heterocycles. The Morgan fingerprint density at radius 2 is 2.00 bits per heavy atom. The number of aromatic nitrogens is 1. The first-order valence-corrected chi connectivity index (χ1v) is 5.77. The second-order valence-electron chi connectivity index (χ2n) is 5.28. The minimum atomic E-state index is 0.263. The third-order valence-corrected chi connectivity index (χ3v) is 2.49. The molecule has 15 heavy (non-hydrogen) atoms. The van der Waals surface area contributed by atoms with E-state index < -0.39 is 0 Å². The molecule has 0 saturated carbocycles. The number of allylic oxidation sites excluding steroid dienone is 1. The largest absolute Gasteiger partial charge is 0.354 e. The highest BCUT2D eigenvalue weighted by Gasteiger charge is 2.06. The summed E-state index contributed by atoms with van der Waals surface area (Å²) in [6.45, 7) is 8.91. The summed E-state index contributed by atoms with van der Waals surface area (Å²) in [4.78, 5) is 0. The minimum Gasteiger partial charge on any atom is -0.354 e. The van der Waals surface area contributed by atoms with Crippen molar-refractivity contribution in [2.75, 3.05) is 0 Å². The Balaban J connectivity index is 2.90. The molecule has 0 unspecified atom stereocenters. The van der Waals surface area contributed by atoms with Crippen molar-refractivity contribution in [3.8, 4) is 0 Å². The second-order valence-corrected chi connectivity index (χ2v) is 5.28. The monoisotopic (exact) mass is 205 g/mol. The van der Waals surface area contributed by atoms with E-state index in [0.29, 0.717) is 0 Å². The smallest absolute Gasteiger partial charge is 0.0244 e. The maximum atomic E-state index is 2.28. The van der Waals surface area contributed by atoms with Gasteiger partial charge in [-0.25, -0.2) is 0 Å². The molecule has 1 heteroatoms. The van der Waals surface area contributed by atoms with E-state index in [-0.39, 0.29) is 5.41 Å². The van der Waals surface area contributed by atoms with Crippen LogP contribution in [0.4, 0.5) is 0 Å². The molecule has 1 rings (SSSR count). The predicted molar refractivity (Wildman–Crippen MR) is 67.9 cm³/mol. The Kier molecular flexibility index (Phi) is 3.78. The van der Waals surface area contributed by atoms with Crippen molar-refractivity contribution < 1.29 is 0 Å². The van der Waals surface area contributed by atoms with Gasteiger partial charge in [0.25, 0.3) is 0 Å². The third-order valence-electron chi connectivity index (χ3n) is 2.49. The molecule has 0 bridgehead atoms. The first-order valence-electron chi connectivity index (χ1n) is 5.77. The highest BCUT2D eigenvalue weighted by molar-refractivity contribution is 5.53. The van der Waals surface area contributed by atoms with Crippen molar-refractivity contribution in [1.82, 2.24) is 4.57 Å². The normalized spacial score (nSPS) is 12.6. The lowest BCUT2D eigenvalue weighted by molar-refractivity contribution is 0.547. The molecule has 0 aromatic carbocycles. The van der Waals surface area contributed by atoms with Crippen LogP contribution in [0.2, 0.25) is 0 Å². The summed E-state index contributed by atoms with van der Waals surface area (Å²) >= 11 is 0. The number of aryl methyl sites for hydroxylation is 1. The lowest BCUT2D eigenvalue weighted by Crippen LogP contribution is -1.99. The lowest BCUT2D eigenvalue weighted by Gasteiger charge is -2.11. The van der Waals surface area contributed by atoms with Gasteiger partial charge in [0, 0.05) is 18.9 Å². The molecule has 0 aliphatic rings. The van der Waals surface area contributed by atoms with Crippen LogP contribution in [0.5, 0.6) is 0 Å². The minimum absolute atomic E-state index is 0.263. The molecule has 1 nitrogen and oxygen atoms in total. The van der Waals surface area contributed by atoms with Crippen LogP contribution < -0.4 is 0 Å². The zero-order valence-electron chi connectivity index (χ0n) is 10.7. The second kappa shape index (κ2) is 4.69. The fraction of sp³-hybridized carbons (Fsp3) is 0.571. The van der Waals surface area contributed by atoms with Crippen LogP contribution in [0.1, 0.15) is 45.4 Å². The van der Waals surface area contributed by atoms with Crippen molar-refractivity contribution in [1.29, 1.82) is 0 Å². The Morgan fingerprint density at radius 1 is 1.33 bits per heavy atom. The van der Waals surface area contributed by atoms with Crippen LogP contribution in [0.15, 0.2) is 18.3 Å². The predicted octanol–water partition coefficient (Wildman–Crippen LogP) is 4.04. The molecule has 0 radical (unpaired) electrons. The maximum Gasteiger partial charge on any atom is 0.0244 e. The number of hydrogen-bond donors (Lipinski definition) is 0. The summed E-state index contributed by atoms with van der Waals surface area (Å²) in [6, 6.07) is 2.20. The van der Waals surface area contributed by atoms with Crippen molar-refractivity contribution in [2.24, 2.45) is 12.5 Å². The maximum absolute atomic E-state index is 2.28. The first-order chi connectivity index (χ1) is 6.94. The third kappa shape index (κ3) is 3.58. The van der Waals surface area contributed by atoms with Gasteiger partial charge < -0.3 is 4.57 Å². The standard InChI is InChI=1S/C14H23N/c1-6-7-13-12(9-11-15(13)5)8-10-14(2,3)4/h8-11H,6-7H2,1-5H3/b10-8-. The van der Waals surface area contributed by atoms with E-state index >= 15 is 0 Å². The number of nitrogens with zero attached hydrogens (tertiary/aromatic N) is 1. The molecule has 0 aliphatic carbocycles. The topological polar surface area (TPSA) is 4.93 Å². The van der Waals surface area contributed by atoms with Gasteiger partial charge in [0.05, 0.1) is 0 Å². The summed E-state index contributed by atoms with van der Waals surface area (Å²) in [6.07, 6.45) is 9.04. The molecular weight excluding hydrogens is 182 g/mol. The van der Waals surface area contributed by atoms with E-state index in [4.69, 9.17) is 0 Å². The highest BCUT2D eigenvalue weighted by Crippen LogP contribution is 2.20. The summed E-state index contributed by atoms with van der Waals surface area (Å²) in [5, 5.41) is 0. The van der Waals surface area contributed by atoms with Crippen molar-refractivity contribution in [3.63, 3.8) is 0 Å².